The fraction of sp³-hybridized carbons (Fsp3) is 0.250. The van der Waals surface area contributed by atoms with Crippen molar-refractivity contribution >= 4 is 7.91 Å². The van der Waals surface area contributed by atoms with Crippen molar-refractivity contribution in [3.8, 4) is 5.75 Å². The second-order valence-electron chi connectivity index (χ2n) is 2.49. The lowest BCUT2D eigenvalue weighted by molar-refractivity contribution is 0.241. The van der Waals surface area contributed by atoms with Gasteiger partial charge < -0.3 is 4.52 Å². The fourth-order valence-electron chi connectivity index (χ4n) is 0.853. The molecule has 1 aromatic carbocycles. The van der Waals surface area contributed by atoms with E-state index in [0.29, 0.717) is 0 Å². The summed E-state index contributed by atoms with van der Waals surface area (Å²) in [5.41, 5.74) is 0. The Hall–Kier alpha value is -1.00. The van der Waals surface area contributed by atoms with Crippen molar-refractivity contribution in [2.75, 3.05) is 6.61 Å². The molecule has 15 heavy (non-hydrogen) atoms. The van der Waals surface area contributed by atoms with E-state index >= 15 is 0 Å². The van der Waals surface area contributed by atoms with Gasteiger partial charge in [0.25, 0.3) is 0 Å². The number of halogens is 3. The highest BCUT2D eigenvalue weighted by atomic mass is 31.2. The smallest absolute Gasteiger partial charge is 0.398 e. The standard InChI is InChI=1S/C8H8F3O3P/c1-2-13-15(11,12)14-7-5-3-4-6(9)8(7)10/h3-5H,2H2,1H3. The number of benzene rings is 1. The molecule has 0 amide bonds. The van der Waals surface area contributed by atoms with Gasteiger partial charge in [-0.1, -0.05) is 6.07 Å². The van der Waals surface area contributed by atoms with Crippen LogP contribution in [0.25, 0.3) is 0 Å². The molecular formula is C8H8F3O3P. The van der Waals surface area contributed by atoms with Crippen LogP contribution in [0.1, 0.15) is 6.92 Å². The molecule has 0 saturated heterocycles. The summed E-state index contributed by atoms with van der Waals surface area (Å²) in [6, 6.07) is 2.87. The molecule has 7 heteroatoms. The Kier molecular flexibility index (Phi) is 3.77. The van der Waals surface area contributed by atoms with Gasteiger partial charge in [0.2, 0.25) is 5.82 Å². The van der Waals surface area contributed by atoms with Crippen LogP contribution in [0.2, 0.25) is 0 Å². The van der Waals surface area contributed by atoms with E-state index in [1.807, 2.05) is 0 Å². The molecule has 1 atom stereocenters. The van der Waals surface area contributed by atoms with Crippen LogP contribution in [0.4, 0.5) is 13.0 Å². The van der Waals surface area contributed by atoms with E-state index in [-0.39, 0.29) is 6.61 Å². The van der Waals surface area contributed by atoms with Crippen LogP contribution in [0.15, 0.2) is 18.2 Å². The molecule has 0 aliphatic carbocycles. The Morgan fingerprint density at radius 2 is 2.07 bits per heavy atom. The number of rotatable bonds is 4. The Morgan fingerprint density at radius 3 is 2.67 bits per heavy atom. The second-order valence-corrected chi connectivity index (χ2v) is 3.79. The first-order chi connectivity index (χ1) is 6.96. The van der Waals surface area contributed by atoms with Crippen LogP contribution in [0, 0.1) is 11.6 Å². The average Bonchev–Trinajstić information content (AvgIpc) is 2.12. The summed E-state index contributed by atoms with van der Waals surface area (Å²) in [6.07, 6.45) is 0. The zero-order valence-corrected chi connectivity index (χ0v) is 8.64. The maximum atomic E-state index is 12.9. The van der Waals surface area contributed by atoms with Crippen molar-refractivity contribution in [2.45, 2.75) is 6.92 Å². The molecule has 0 saturated carbocycles. The molecule has 0 spiro atoms. The minimum Gasteiger partial charge on any atom is -0.398 e. The molecule has 0 N–H and O–H groups in total. The Balaban J connectivity index is 2.90. The topological polar surface area (TPSA) is 35.5 Å². The molecule has 0 bridgehead atoms. The van der Waals surface area contributed by atoms with Gasteiger partial charge in [-0.05, 0) is 19.1 Å². The van der Waals surface area contributed by atoms with Crippen molar-refractivity contribution in [1.29, 1.82) is 0 Å². The van der Waals surface area contributed by atoms with Gasteiger partial charge in [-0.3, -0.25) is 4.52 Å². The number of hydrogen-bond acceptors (Lipinski definition) is 3. The molecule has 0 radical (unpaired) electrons. The average molecular weight is 240 g/mol. The third-order valence-corrected chi connectivity index (χ3v) is 2.39. The Labute approximate surface area is 84.5 Å². The molecule has 1 aromatic rings. The van der Waals surface area contributed by atoms with Gasteiger partial charge in [0.15, 0.2) is 11.6 Å². The van der Waals surface area contributed by atoms with E-state index < -0.39 is 25.3 Å². The zero-order valence-electron chi connectivity index (χ0n) is 7.75. The summed E-state index contributed by atoms with van der Waals surface area (Å²) in [7, 11) is -4.87. The zero-order chi connectivity index (χ0) is 11.5. The summed E-state index contributed by atoms with van der Waals surface area (Å²) in [5, 5.41) is 0. The quantitative estimate of drug-likeness (QED) is 0.756. The van der Waals surface area contributed by atoms with E-state index in [9.17, 15) is 17.5 Å². The minimum atomic E-state index is -4.87. The highest BCUT2D eigenvalue weighted by Crippen LogP contribution is 2.50. The lowest BCUT2D eigenvalue weighted by Gasteiger charge is -2.10. The predicted molar refractivity (Wildman–Crippen MR) is 47.3 cm³/mol. The van der Waals surface area contributed by atoms with Crippen molar-refractivity contribution in [2.24, 2.45) is 0 Å². The SMILES string of the molecule is CCOP(=O)(F)Oc1cccc(F)c1F. The van der Waals surface area contributed by atoms with E-state index in [2.05, 4.69) is 9.05 Å². The first-order valence-corrected chi connectivity index (χ1v) is 5.47. The van der Waals surface area contributed by atoms with Crippen LogP contribution in [-0.4, -0.2) is 6.61 Å². The van der Waals surface area contributed by atoms with E-state index in [1.165, 1.54) is 6.92 Å². The summed E-state index contributed by atoms with van der Waals surface area (Å²) < 4.78 is 57.5. The molecule has 0 aromatic heterocycles. The fourth-order valence-corrected chi connectivity index (χ4v) is 1.59. The summed E-state index contributed by atoms with van der Waals surface area (Å²) in [4.78, 5) is 0. The van der Waals surface area contributed by atoms with Gasteiger partial charge in [0, 0.05) is 0 Å². The Morgan fingerprint density at radius 1 is 1.40 bits per heavy atom. The molecule has 0 aliphatic heterocycles. The molecule has 1 rings (SSSR count). The van der Waals surface area contributed by atoms with Crippen LogP contribution < -0.4 is 4.52 Å². The number of hydrogen-bond donors (Lipinski definition) is 0. The largest absolute Gasteiger partial charge is 0.569 e. The Bertz CT molecular complexity index is 397. The van der Waals surface area contributed by atoms with Gasteiger partial charge >= 0.3 is 7.91 Å². The van der Waals surface area contributed by atoms with Gasteiger partial charge in [0.1, 0.15) is 0 Å². The highest BCUT2D eigenvalue weighted by molar-refractivity contribution is 7.48. The van der Waals surface area contributed by atoms with Crippen molar-refractivity contribution in [1.82, 2.24) is 0 Å². The van der Waals surface area contributed by atoms with E-state index in [1.54, 1.807) is 0 Å². The normalized spacial score (nSPS) is 14.7. The van der Waals surface area contributed by atoms with Crippen LogP contribution in [0.5, 0.6) is 5.75 Å². The molecular weight excluding hydrogens is 232 g/mol. The van der Waals surface area contributed by atoms with E-state index in [0.717, 1.165) is 18.2 Å². The van der Waals surface area contributed by atoms with Gasteiger partial charge in [0.05, 0.1) is 6.61 Å². The van der Waals surface area contributed by atoms with Gasteiger partial charge in [-0.25, -0.2) is 8.96 Å². The van der Waals surface area contributed by atoms with Crippen LogP contribution in [-0.2, 0) is 9.09 Å². The maximum absolute atomic E-state index is 12.9. The second kappa shape index (κ2) is 4.68. The van der Waals surface area contributed by atoms with Crippen LogP contribution >= 0.6 is 7.91 Å². The summed E-state index contributed by atoms with van der Waals surface area (Å²) >= 11 is 0. The third-order valence-electron chi connectivity index (χ3n) is 1.41. The predicted octanol–water partition coefficient (Wildman–Crippen LogP) is 3.46. The van der Waals surface area contributed by atoms with Gasteiger partial charge in [-0.15, -0.1) is 4.20 Å². The van der Waals surface area contributed by atoms with Gasteiger partial charge in [-0.2, -0.15) is 4.39 Å². The highest BCUT2D eigenvalue weighted by Gasteiger charge is 2.27. The molecule has 0 fully saturated rings. The van der Waals surface area contributed by atoms with Crippen molar-refractivity contribution in [3.63, 3.8) is 0 Å². The third kappa shape index (κ3) is 3.25. The summed E-state index contributed by atoms with van der Waals surface area (Å²) in [5.74, 6) is -3.41. The molecule has 0 aliphatic rings. The lowest BCUT2D eigenvalue weighted by Crippen LogP contribution is -1.96. The molecule has 84 valence electrons. The maximum Gasteiger partial charge on any atom is 0.569 e. The minimum absolute atomic E-state index is 0.204. The van der Waals surface area contributed by atoms with Crippen LogP contribution in [0.3, 0.4) is 0 Å². The molecule has 0 heterocycles. The van der Waals surface area contributed by atoms with Crippen molar-refractivity contribution < 1.29 is 26.6 Å². The monoisotopic (exact) mass is 240 g/mol. The lowest BCUT2D eigenvalue weighted by atomic mass is 10.3. The van der Waals surface area contributed by atoms with Crippen molar-refractivity contribution in [3.05, 3.63) is 29.8 Å². The first-order valence-electron chi connectivity index (χ1n) is 4.04. The first kappa shape index (κ1) is 12.1. The van der Waals surface area contributed by atoms with E-state index in [4.69, 9.17) is 0 Å². The summed E-state index contributed by atoms with van der Waals surface area (Å²) in [6.45, 7) is 1.18. The molecule has 3 nitrogen and oxygen atoms in total. The molecule has 1 unspecified atom stereocenters.